The van der Waals surface area contributed by atoms with E-state index in [1.807, 2.05) is 0 Å². The van der Waals surface area contributed by atoms with Gasteiger partial charge in [0.1, 0.15) is 5.82 Å². The highest BCUT2D eigenvalue weighted by Crippen LogP contribution is 2.05. The van der Waals surface area contributed by atoms with Crippen LogP contribution < -0.4 is 16.6 Å². The van der Waals surface area contributed by atoms with E-state index in [0.717, 1.165) is 6.42 Å². The molecule has 0 fully saturated rings. The summed E-state index contributed by atoms with van der Waals surface area (Å²) < 4.78 is 0. The van der Waals surface area contributed by atoms with Crippen molar-refractivity contribution in [3.8, 4) is 0 Å². The van der Waals surface area contributed by atoms with Crippen LogP contribution in [-0.2, 0) is 0 Å². The Balaban J connectivity index is 2.52. The molecule has 88 valence electrons. The molecule has 4 N–H and O–H groups in total. The summed E-state index contributed by atoms with van der Waals surface area (Å²) in [5, 5.41) is 2.85. The summed E-state index contributed by atoms with van der Waals surface area (Å²) in [4.78, 5) is 15.6. The van der Waals surface area contributed by atoms with Crippen molar-refractivity contribution in [3.63, 3.8) is 0 Å². The van der Waals surface area contributed by atoms with Crippen molar-refractivity contribution in [3.05, 3.63) is 23.9 Å². The van der Waals surface area contributed by atoms with Gasteiger partial charge in [-0.05, 0) is 24.5 Å². The number of amides is 1. The Morgan fingerprint density at radius 3 is 2.94 bits per heavy atom. The van der Waals surface area contributed by atoms with Gasteiger partial charge in [-0.1, -0.05) is 13.8 Å². The number of nitrogens with zero attached hydrogens (tertiary/aromatic N) is 1. The summed E-state index contributed by atoms with van der Waals surface area (Å²) in [6, 6.07) is 3.27. The fraction of sp³-hybridized carbons (Fsp3) is 0.455. The number of aromatic nitrogens is 1. The summed E-state index contributed by atoms with van der Waals surface area (Å²) in [5.41, 5.74) is 2.97. The van der Waals surface area contributed by atoms with Gasteiger partial charge in [-0.2, -0.15) is 0 Å². The molecule has 0 aliphatic rings. The standard InChI is InChI=1S/C11H18N4O/c1-8(2)3-5-14-11(16)9-4-6-13-10(7-9)15-12/h4,6-8H,3,5,12H2,1-2H3,(H,13,15)(H,14,16). The number of nitrogens with two attached hydrogens (primary N) is 1. The molecule has 0 atom stereocenters. The van der Waals surface area contributed by atoms with Crippen LogP contribution in [0, 0.1) is 5.92 Å². The Morgan fingerprint density at radius 1 is 1.56 bits per heavy atom. The monoisotopic (exact) mass is 222 g/mol. The summed E-state index contributed by atoms with van der Waals surface area (Å²) in [7, 11) is 0. The predicted octanol–water partition coefficient (Wildman–Crippen LogP) is 1.14. The molecule has 0 unspecified atom stereocenters. The zero-order chi connectivity index (χ0) is 12.0. The molecule has 0 saturated carbocycles. The molecule has 0 radical (unpaired) electrons. The number of anilines is 1. The summed E-state index contributed by atoms with van der Waals surface area (Å²) >= 11 is 0. The number of rotatable bonds is 5. The van der Waals surface area contributed by atoms with Crippen molar-refractivity contribution in [2.45, 2.75) is 20.3 Å². The van der Waals surface area contributed by atoms with Crippen LogP contribution in [0.5, 0.6) is 0 Å². The molecule has 0 spiro atoms. The molecule has 0 saturated heterocycles. The van der Waals surface area contributed by atoms with E-state index in [1.54, 1.807) is 18.3 Å². The molecule has 0 aliphatic carbocycles. The summed E-state index contributed by atoms with van der Waals surface area (Å²) in [6.07, 6.45) is 2.52. The Labute approximate surface area is 95.4 Å². The zero-order valence-electron chi connectivity index (χ0n) is 9.66. The molecule has 1 rings (SSSR count). The molecule has 1 aromatic heterocycles. The minimum atomic E-state index is -0.0976. The fourth-order valence-electron chi connectivity index (χ4n) is 1.23. The lowest BCUT2D eigenvalue weighted by molar-refractivity contribution is 0.0952. The quantitative estimate of drug-likeness (QED) is 0.515. The number of nitrogen functional groups attached to an aromatic ring is 1. The molecule has 1 amide bonds. The Hall–Kier alpha value is -1.62. The topological polar surface area (TPSA) is 80.0 Å². The number of nitrogens with one attached hydrogen (secondary N) is 2. The first kappa shape index (κ1) is 12.4. The number of hydrogen-bond acceptors (Lipinski definition) is 4. The van der Waals surface area contributed by atoms with Gasteiger partial charge in [-0.15, -0.1) is 0 Å². The number of carbonyl (C=O) groups excluding carboxylic acids is 1. The molecule has 5 heteroatoms. The average Bonchev–Trinajstić information content (AvgIpc) is 2.28. The van der Waals surface area contributed by atoms with Gasteiger partial charge in [0, 0.05) is 18.3 Å². The first-order valence-corrected chi connectivity index (χ1v) is 5.34. The first-order valence-electron chi connectivity index (χ1n) is 5.34. The van der Waals surface area contributed by atoms with Crippen molar-refractivity contribution in [1.29, 1.82) is 0 Å². The van der Waals surface area contributed by atoms with Crippen LogP contribution in [0.3, 0.4) is 0 Å². The smallest absolute Gasteiger partial charge is 0.251 e. The van der Waals surface area contributed by atoms with E-state index in [1.165, 1.54) is 0 Å². The van der Waals surface area contributed by atoms with E-state index in [4.69, 9.17) is 5.84 Å². The minimum Gasteiger partial charge on any atom is -0.352 e. The van der Waals surface area contributed by atoms with E-state index in [0.29, 0.717) is 23.8 Å². The van der Waals surface area contributed by atoms with Gasteiger partial charge in [0.25, 0.3) is 5.91 Å². The molecule has 0 bridgehead atoms. The highest BCUT2D eigenvalue weighted by Gasteiger charge is 2.06. The van der Waals surface area contributed by atoms with E-state index in [2.05, 4.69) is 29.6 Å². The normalized spacial score (nSPS) is 10.2. The van der Waals surface area contributed by atoms with Gasteiger partial charge < -0.3 is 10.7 Å². The molecule has 5 nitrogen and oxygen atoms in total. The lowest BCUT2D eigenvalue weighted by atomic mass is 10.1. The molecular formula is C11H18N4O. The van der Waals surface area contributed by atoms with Crippen LogP contribution >= 0.6 is 0 Å². The number of hydrogen-bond donors (Lipinski definition) is 3. The maximum absolute atomic E-state index is 11.7. The maximum Gasteiger partial charge on any atom is 0.251 e. The Bertz CT molecular complexity index is 352. The maximum atomic E-state index is 11.7. The van der Waals surface area contributed by atoms with Crippen molar-refractivity contribution in [2.24, 2.45) is 11.8 Å². The van der Waals surface area contributed by atoms with Gasteiger partial charge >= 0.3 is 0 Å². The van der Waals surface area contributed by atoms with Crippen LogP contribution in [-0.4, -0.2) is 17.4 Å². The van der Waals surface area contributed by atoms with Crippen molar-refractivity contribution >= 4 is 11.7 Å². The van der Waals surface area contributed by atoms with Crippen LogP contribution in [0.2, 0.25) is 0 Å². The molecule has 1 heterocycles. The van der Waals surface area contributed by atoms with Gasteiger partial charge in [0.2, 0.25) is 0 Å². The summed E-state index contributed by atoms with van der Waals surface area (Å²) in [5.74, 6) is 6.18. The van der Waals surface area contributed by atoms with E-state index in [9.17, 15) is 4.79 Å². The average molecular weight is 222 g/mol. The zero-order valence-corrected chi connectivity index (χ0v) is 9.66. The minimum absolute atomic E-state index is 0.0976. The second-order valence-electron chi connectivity index (χ2n) is 4.01. The fourth-order valence-corrected chi connectivity index (χ4v) is 1.23. The number of hydrazine groups is 1. The lowest BCUT2D eigenvalue weighted by Crippen LogP contribution is -2.25. The molecular weight excluding hydrogens is 204 g/mol. The predicted molar refractivity (Wildman–Crippen MR) is 63.8 cm³/mol. The SMILES string of the molecule is CC(C)CCNC(=O)c1ccnc(NN)c1. The van der Waals surface area contributed by atoms with Gasteiger partial charge in [-0.3, -0.25) is 4.79 Å². The molecule has 1 aromatic rings. The molecule has 0 aliphatic heterocycles. The van der Waals surface area contributed by atoms with E-state index < -0.39 is 0 Å². The second-order valence-corrected chi connectivity index (χ2v) is 4.01. The Morgan fingerprint density at radius 2 is 2.31 bits per heavy atom. The van der Waals surface area contributed by atoms with Crippen LogP contribution in [0.25, 0.3) is 0 Å². The van der Waals surface area contributed by atoms with Gasteiger partial charge in [0.05, 0.1) is 0 Å². The van der Waals surface area contributed by atoms with E-state index >= 15 is 0 Å². The third-order valence-corrected chi connectivity index (χ3v) is 2.18. The third-order valence-electron chi connectivity index (χ3n) is 2.18. The third kappa shape index (κ3) is 3.86. The van der Waals surface area contributed by atoms with Crippen molar-refractivity contribution in [2.75, 3.05) is 12.0 Å². The highest BCUT2D eigenvalue weighted by atomic mass is 16.1. The number of pyridine rings is 1. The van der Waals surface area contributed by atoms with Crippen LogP contribution in [0.1, 0.15) is 30.6 Å². The van der Waals surface area contributed by atoms with Gasteiger partial charge in [0.15, 0.2) is 0 Å². The highest BCUT2D eigenvalue weighted by molar-refractivity contribution is 5.94. The van der Waals surface area contributed by atoms with Crippen molar-refractivity contribution in [1.82, 2.24) is 10.3 Å². The van der Waals surface area contributed by atoms with E-state index in [-0.39, 0.29) is 5.91 Å². The summed E-state index contributed by atoms with van der Waals surface area (Å²) in [6.45, 7) is 4.92. The van der Waals surface area contributed by atoms with Crippen LogP contribution in [0.4, 0.5) is 5.82 Å². The molecule has 0 aromatic carbocycles. The van der Waals surface area contributed by atoms with Gasteiger partial charge in [-0.25, -0.2) is 10.8 Å². The Kier molecular flexibility index (Phi) is 4.72. The molecule has 16 heavy (non-hydrogen) atoms. The number of carbonyl (C=O) groups is 1. The first-order chi connectivity index (χ1) is 7.63. The second kappa shape index (κ2) is 6.07. The lowest BCUT2D eigenvalue weighted by Gasteiger charge is -2.07. The van der Waals surface area contributed by atoms with Crippen molar-refractivity contribution < 1.29 is 4.79 Å². The largest absolute Gasteiger partial charge is 0.352 e. The van der Waals surface area contributed by atoms with Crippen LogP contribution in [0.15, 0.2) is 18.3 Å².